The predicted octanol–water partition coefficient (Wildman–Crippen LogP) is 3.74. The molecule has 1 aliphatic rings. The number of aromatic nitrogens is 1. The summed E-state index contributed by atoms with van der Waals surface area (Å²) in [4.78, 5) is 21.6. The molecule has 1 aromatic heterocycles. The smallest absolute Gasteiger partial charge is 0.335 e. The van der Waals surface area contributed by atoms with Crippen LogP contribution in [0, 0.1) is 13.8 Å². The molecular formula is C18H20F3N3OS. The quantitative estimate of drug-likeness (QED) is 0.810. The van der Waals surface area contributed by atoms with Crippen LogP contribution in [0.25, 0.3) is 0 Å². The van der Waals surface area contributed by atoms with E-state index in [0.29, 0.717) is 44.0 Å². The Hall–Kier alpha value is -1.93. The first-order valence-corrected chi connectivity index (χ1v) is 9.17. The number of nitrogens with zero attached hydrogens (tertiary/aromatic N) is 3. The average Bonchev–Trinajstić information content (AvgIpc) is 2.93. The molecule has 4 nitrogen and oxygen atoms in total. The van der Waals surface area contributed by atoms with Crippen molar-refractivity contribution < 1.29 is 18.0 Å². The first-order valence-electron chi connectivity index (χ1n) is 8.36. The van der Waals surface area contributed by atoms with E-state index in [1.54, 1.807) is 11.0 Å². The predicted molar refractivity (Wildman–Crippen MR) is 94.2 cm³/mol. The fraction of sp³-hybridized carbons (Fsp3) is 0.444. The molecule has 3 rings (SSSR count). The number of hydrogen-bond donors (Lipinski definition) is 0. The van der Waals surface area contributed by atoms with Crippen LogP contribution in [-0.2, 0) is 12.7 Å². The Balaban J connectivity index is 1.59. The third-order valence-electron chi connectivity index (χ3n) is 4.43. The van der Waals surface area contributed by atoms with E-state index >= 15 is 0 Å². The summed E-state index contributed by atoms with van der Waals surface area (Å²) in [5.74, 6) is -0.0643. The highest BCUT2D eigenvalue weighted by Crippen LogP contribution is 2.29. The van der Waals surface area contributed by atoms with Gasteiger partial charge in [-0.2, -0.15) is 13.2 Å². The summed E-state index contributed by atoms with van der Waals surface area (Å²) in [6.07, 6.45) is -4.33. The van der Waals surface area contributed by atoms with Gasteiger partial charge in [0.25, 0.3) is 5.91 Å². The zero-order chi connectivity index (χ0) is 18.9. The monoisotopic (exact) mass is 383 g/mol. The molecule has 1 fully saturated rings. The maximum atomic E-state index is 12.8. The zero-order valence-corrected chi connectivity index (χ0v) is 15.5. The van der Waals surface area contributed by atoms with Gasteiger partial charge in [0.2, 0.25) is 0 Å². The van der Waals surface area contributed by atoms with Gasteiger partial charge in [-0.25, -0.2) is 4.98 Å². The third kappa shape index (κ3) is 4.24. The van der Waals surface area contributed by atoms with Crippen LogP contribution >= 0.6 is 11.3 Å². The standard InChI is InChI=1S/C18H20F3N3OS/c1-12-16(22-13(2)26-12)17(25)24-8-6-23(7-9-24)11-14-4-3-5-15(10-14)18(19,20)21/h3-5,10H,6-9,11H2,1-2H3. The number of halogens is 3. The Labute approximate surface area is 154 Å². The second-order valence-electron chi connectivity index (χ2n) is 6.40. The molecule has 0 atom stereocenters. The Morgan fingerprint density at radius 2 is 1.88 bits per heavy atom. The van der Waals surface area contributed by atoms with Gasteiger partial charge >= 0.3 is 6.18 Å². The van der Waals surface area contributed by atoms with Gasteiger partial charge in [0.15, 0.2) is 0 Å². The van der Waals surface area contributed by atoms with Crippen LogP contribution in [0.3, 0.4) is 0 Å². The van der Waals surface area contributed by atoms with Crippen LogP contribution in [-0.4, -0.2) is 46.9 Å². The molecule has 2 heterocycles. The molecule has 1 aromatic carbocycles. The lowest BCUT2D eigenvalue weighted by Gasteiger charge is -2.34. The van der Waals surface area contributed by atoms with Crippen LogP contribution in [0.5, 0.6) is 0 Å². The molecule has 8 heteroatoms. The summed E-state index contributed by atoms with van der Waals surface area (Å²) in [5.41, 5.74) is 0.516. The molecular weight excluding hydrogens is 363 g/mol. The highest BCUT2D eigenvalue weighted by atomic mass is 32.1. The van der Waals surface area contributed by atoms with Gasteiger partial charge in [-0.05, 0) is 25.5 Å². The summed E-state index contributed by atoms with van der Waals surface area (Å²) >= 11 is 1.51. The minimum absolute atomic E-state index is 0.0643. The first kappa shape index (κ1) is 18.8. The Kier molecular flexibility index (Phi) is 5.34. The summed E-state index contributed by atoms with van der Waals surface area (Å²) < 4.78 is 38.5. The number of benzene rings is 1. The molecule has 0 aliphatic carbocycles. The molecule has 1 aliphatic heterocycles. The van der Waals surface area contributed by atoms with E-state index in [2.05, 4.69) is 9.88 Å². The van der Waals surface area contributed by atoms with Crippen LogP contribution < -0.4 is 0 Å². The molecule has 0 unspecified atom stereocenters. The van der Waals surface area contributed by atoms with E-state index in [-0.39, 0.29) is 5.91 Å². The van der Waals surface area contributed by atoms with Crippen molar-refractivity contribution in [1.82, 2.24) is 14.8 Å². The summed E-state index contributed by atoms with van der Waals surface area (Å²) in [6, 6.07) is 5.41. The Morgan fingerprint density at radius 3 is 2.46 bits per heavy atom. The molecule has 0 radical (unpaired) electrons. The number of carbonyl (C=O) groups is 1. The van der Waals surface area contributed by atoms with E-state index in [1.807, 2.05) is 13.8 Å². The molecule has 26 heavy (non-hydrogen) atoms. The molecule has 1 saturated heterocycles. The lowest BCUT2D eigenvalue weighted by molar-refractivity contribution is -0.137. The highest BCUT2D eigenvalue weighted by Gasteiger charge is 2.31. The van der Waals surface area contributed by atoms with Crippen LogP contribution in [0.4, 0.5) is 13.2 Å². The first-order chi connectivity index (χ1) is 12.2. The van der Waals surface area contributed by atoms with Gasteiger partial charge in [-0.15, -0.1) is 11.3 Å². The van der Waals surface area contributed by atoms with Crippen LogP contribution in [0.1, 0.15) is 31.5 Å². The van der Waals surface area contributed by atoms with E-state index in [1.165, 1.54) is 23.5 Å². The number of thiazole rings is 1. The fourth-order valence-electron chi connectivity index (χ4n) is 3.09. The fourth-order valence-corrected chi connectivity index (χ4v) is 3.90. The number of hydrogen-bond acceptors (Lipinski definition) is 4. The largest absolute Gasteiger partial charge is 0.416 e. The topological polar surface area (TPSA) is 36.4 Å². The number of piperazine rings is 1. The number of carbonyl (C=O) groups excluding carboxylic acids is 1. The van der Waals surface area contributed by atoms with Crippen molar-refractivity contribution in [1.29, 1.82) is 0 Å². The minimum atomic E-state index is -4.33. The minimum Gasteiger partial charge on any atom is -0.335 e. The molecule has 0 N–H and O–H groups in total. The lowest BCUT2D eigenvalue weighted by Crippen LogP contribution is -2.48. The van der Waals surface area contributed by atoms with Crippen molar-refractivity contribution in [2.24, 2.45) is 0 Å². The number of rotatable bonds is 3. The van der Waals surface area contributed by atoms with Crippen LogP contribution in [0.15, 0.2) is 24.3 Å². The SMILES string of the molecule is Cc1nc(C(=O)N2CCN(Cc3cccc(C(F)(F)F)c3)CC2)c(C)s1. The summed E-state index contributed by atoms with van der Waals surface area (Å²) in [5, 5.41) is 0.869. The van der Waals surface area contributed by atoms with Crippen molar-refractivity contribution in [2.45, 2.75) is 26.6 Å². The van der Waals surface area contributed by atoms with Crippen LogP contribution in [0.2, 0.25) is 0 Å². The Bertz CT molecular complexity index is 795. The van der Waals surface area contributed by atoms with E-state index in [4.69, 9.17) is 0 Å². The molecule has 2 aromatic rings. The average molecular weight is 383 g/mol. The number of alkyl halides is 3. The molecule has 140 valence electrons. The lowest BCUT2D eigenvalue weighted by atomic mass is 10.1. The maximum Gasteiger partial charge on any atom is 0.416 e. The maximum absolute atomic E-state index is 12.8. The van der Waals surface area contributed by atoms with E-state index in [0.717, 1.165) is 16.0 Å². The van der Waals surface area contributed by atoms with E-state index < -0.39 is 11.7 Å². The van der Waals surface area contributed by atoms with Gasteiger partial charge in [-0.1, -0.05) is 18.2 Å². The van der Waals surface area contributed by atoms with Gasteiger partial charge < -0.3 is 4.90 Å². The van der Waals surface area contributed by atoms with Gasteiger partial charge in [0.1, 0.15) is 5.69 Å². The van der Waals surface area contributed by atoms with Crippen molar-refractivity contribution in [3.05, 3.63) is 51.0 Å². The van der Waals surface area contributed by atoms with Gasteiger partial charge in [-0.3, -0.25) is 9.69 Å². The molecule has 0 spiro atoms. The summed E-state index contributed by atoms with van der Waals surface area (Å²) in [6.45, 7) is 6.57. The van der Waals surface area contributed by atoms with Crippen molar-refractivity contribution in [2.75, 3.05) is 26.2 Å². The molecule has 1 amide bonds. The second kappa shape index (κ2) is 7.36. The molecule has 0 saturated carbocycles. The Morgan fingerprint density at radius 1 is 1.19 bits per heavy atom. The third-order valence-corrected chi connectivity index (χ3v) is 5.31. The van der Waals surface area contributed by atoms with Crippen molar-refractivity contribution in [3.8, 4) is 0 Å². The van der Waals surface area contributed by atoms with Crippen molar-refractivity contribution >= 4 is 17.2 Å². The van der Waals surface area contributed by atoms with Gasteiger partial charge in [0.05, 0.1) is 10.6 Å². The zero-order valence-electron chi connectivity index (χ0n) is 14.6. The van der Waals surface area contributed by atoms with Gasteiger partial charge in [0, 0.05) is 37.6 Å². The number of amides is 1. The normalized spacial score (nSPS) is 16.1. The number of aryl methyl sites for hydroxylation is 2. The highest BCUT2D eigenvalue weighted by molar-refractivity contribution is 7.11. The molecule has 0 bridgehead atoms. The second-order valence-corrected chi connectivity index (χ2v) is 7.81. The van der Waals surface area contributed by atoms with Crippen molar-refractivity contribution in [3.63, 3.8) is 0 Å². The summed E-state index contributed by atoms with van der Waals surface area (Å²) in [7, 11) is 0. The van der Waals surface area contributed by atoms with E-state index in [9.17, 15) is 18.0 Å².